The predicted octanol–water partition coefficient (Wildman–Crippen LogP) is 1.67. The minimum Gasteiger partial charge on any atom is -0.394 e. The third-order valence-corrected chi connectivity index (χ3v) is 10.4. The van der Waals surface area contributed by atoms with Crippen LogP contribution in [0.3, 0.4) is 0 Å². The number of phosphoric acid groups is 1. The molecule has 0 radical (unpaired) electrons. The van der Waals surface area contributed by atoms with Crippen molar-refractivity contribution in [2.45, 2.75) is 109 Å². The SMILES string of the molecule is C=CCCCCOP(=O)(O)O[C@H](C)[C@H](CC(=O)[C@H](CO)NC(=O)[C@@H](CC(=O)[C@H](CC(C)C)NC(=O)[C@@H]1C[C@@H](OCC=C)CN1C(C)=O)Cc1cnc[nH]1)C(N)=O. The van der Waals surface area contributed by atoms with Crippen LogP contribution in [0.2, 0.25) is 0 Å². The molecule has 1 aliphatic rings. The number of hydrogen-bond acceptors (Lipinski definition) is 12. The third-order valence-electron chi connectivity index (χ3n) is 9.27. The van der Waals surface area contributed by atoms with Gasteiger partial charge in [0.25, 0.3) is 0 Å². The zero-order valence-corrected chi connectivity index (χ0v) is 33.6. The van der Waals surface area contributed by atoms with Gasteiger partial charge in [-0.05, 0) is 38.5 Å². The summed E-state index contributed by atoms with van der Waals surface area (Å²) in [6.45, 7) is 13.0. The van der Waals surface area contributed by atoms with Crippen LogP contribution in [0.4, 0.5) is 0 Å². The molecule has 2 rings (SSSR count). The molecule has 1 aromatic heterocycles. The van der Waals surface area contributed by atoms with E-state index in [1.54, 1.807) is 12.2 Å². The predicted molar refractivity (Wildman–Crippen MR) is 204 cm³/mol. The van der Waals surface area contributed by atoms with Gasteiger partial charge in [-0.25, -0.2) is 9.55 Å². The third kappa shape index (κ3) is 16.2. The number of ether oxygens (including phenoxy) is 1. The average molecular weight is 811 g/mol. The molecular formula is C37H59N6O12P. The Balaban J connectivity index is 2.21. The molecule has 18 nitrogen and oxygen atoms in total. The fraction of sp³-hybridized carbons (Fsp3) is 0.649. The Hall–Kier alpha value is -4.06. The number of likely N-dealkylation sites (tertiary alicyclic amines) is 1. The first-order chi connectivity index (χ1) is 26.4. The second kappa shape index (κ2) is 23.9. The first-order valence-corrected chi connectivity index (χ1v) is 20.2. The Labute approximate surface area is 328 Å². The summed E-state index contributed by atoms with van der Waals surface area (Å²) >= 11 is 0. The number of H-pyrrole nitrogens is 1. The maximum atomic E-state index is 13.9. The van der Waals surface area contributed by atoms with Crippen molar-refractivity contribution >= 4 is 43.0 Å². The molecule has 1 saturated heterocycles. The number of imidazole rings is 1. The number of aromatic nitrogens is 2. The number of aliphatic hydroxyl groups excluding tert-OH is 1. The van der Waals surface area contributed by atoms with Gasteiger partial charge in [-0.15, -0.1) is 13.2 Å². The van der Waals surface area contributed by atoms with Gasteiger partial charge >= 0.3 is 7.82 Å². The summed E-state index contributed by atoms with van der Waals surface area (Å²) in [4.78, 5) is 97.8. The molecule has 2 heterocycles. The number of primary amides is 1. The number of allylic oxidation sites excluding steroid dienone is 1. The summed E-state index contributed by atoms with van der Waals surface area (Å²) in [5, 5.41) is 15.4. The molecule has 1 fully saturated rings. The largest absolute Gasteiger partial charge is 0.472 e. The van der Waals surface area contributed by atoms with Crippen LogP contribution in [-0.2, 0) is 53.5 Å². The minimum absolute atomic E-state index is 0.0382. The van der Waals surface area contributed by atoms with E-state index in [2.05, 4.69) is 33.8 Å². The summed E-state index contributed by atoms with van der Waals surface area (Å²) in [5.41, 5.74) is 6.00. The number of hydrogen-bond donors (Lipinski definition) is 6. The lowest BCUT2D eigenvalue weighted by Gasteiger charge is -2.27. The quantitative estimate of drug-likeness (QED) is 0.0400. The van der Waals surface area contributed by atoms with E-state index in [1.165, 1.54) is 31.3 Å². The molecule has 8 atom stereocenters. The van der Waals surface area contributed by atoms with Crippen molar-refractivity contribution in [2.24, 2.45) is 23.5 Å². The Bertz CT molecular complexity index is 1540. The van der Waals surface area contributed by atoms with Gasteiger partial charge in [0.2, 0.25) is 23.6 Å². The smallest absolute Gasteiger partial charge is 0.394 e. The van der Waals surface area contributed by atoms with E-state index >= 15 is 0 Å². The minimum atomic E-state index is -4.65. The van der Waals surface area contributed by atoms with Crippen molar-refractivity contribution < 1.29 is 57.1 Å². The van der Waals surface area contributed by atoms with Crippen molar-refractivity contribution in [1.29, 1.82) is 0 Å². The van der Waals surface area contributed by atoms with Gasteiger partial charge in [-0.3, -0.25) is 37.8 Å². The maximum absolute atomic E-state index is 13.9. The van der Waals surface area contributed by atoms with Gasteiger partial charge in [0.15, 0.2) is 11.6 Å². The fourth-order valence-electron chi connectivity index (χ4n) is 6.29. The maximum Gasteiger partial charge on any atom is 0.472 e. The van der Waals surface area contributed by atoms with Gasteiger partial charge in [0.05, 0.1) is 56.2 Å². The number of carbonyl (C=O) groups is 6. The van der Waals surface area contributed by atoms with E-state index in [-0.39, 0.29) is 50.8 Å². The lowest BCUT2D eigenvalue weighted by molar-refractivity contribution is -0.138. The zero-order chi connectivity index (χ0) is 42.0. The zero-order valence-electron chi connectivity index (χ0n) is 32.7. The highest BCUT2D eigenvalue weighted by Gasteiger charge is 2.41. The summed E-state index contributed by atoms with van der Waals surface area (Å²) in [7, 11) is -4.65. The highest BCUT2D eigenvalue weighted by Crippen LogP contribution is 2.46. The van der Waals surface area contributed by atoms with Crippen LogP contribution in [0.5, 0.6) is 0 Å². The molecule has 1 aliphatic heterocycles. The molecule has 56 heavy (non-hydrogen) atoms. The number of ketones is 2. The van der Waals surface area contributed by atoms with Crippen molar-refractivity contribution in [2.75, 3.05) is 26.4 Å². The Morgan fingerprint density at radius 1 is 1.09 bits per heavy atom. The van der Waals surface area contributed by atoms with Crippen LogP contribution < -0.4 is 16.4 Å². The van der Waals surface area contributed by atoms with Crippen LogP contribution in [0.25, 0.3) is 0 Å². The number of aliphatic hydroxyl groups is 1. The van der Waals surface area contributed by atoms with E-state index < -0.39 is 98.7 Å². The molecule has 0 aliphatic carbocycles. The Morgan fingerprint density at radius 3 is 2.36 bits per heavy atom. The molecule has 0 bridgehead atoms. The Morgan fingerprint density at radius 2 is 1.79 bits per heavy atom. The number of aromatic amines is 1. The van der Waals surface area contributed by atoms with Gasteiger partial charge in [0.1, 0.15) is 12.1 Å². The number of unbranched alkanes of at least 4 members (excludes halogenated alkanes) is 2. The molecule has 314 valence electrons. The van der Waals surface area contributed by atoms with Crippen LogP contribution in [0, 0.1) is 17.8 Å². The fourth-order valence-corrected chi connectivity index (χ4v) is 7.28. The van der Waals surface area contributed by atoms with Gasteiger partial charge in [0, 0.05) is 51.0 Å². The van der Waals surface area contributed by atoms with Crippen molar-refractivity contribution in [3.05, 3.63) is 43.5 Å². The van der Waals surface area contributed by atoms with Crippen LogP contribution in [0.1, 0.15) is 78.3 Å². The first kappa shape index (κ1) is 48.1. The van der Waals surface area contributed by atoms with E-state index in [1.807, 2.05) is 13.8 Å². The number of nitrogens with two attached hydrogens (primary N) is 1. The van der Waals surface area contributed by atoms with Crippen molar-refractivity contribution in [3.63, 3.8) is 0 Å². The number of rotatable bonds is 28. The molecular weight excluding hydrogens is 751 g/mol. The molecule has 7 N–H and O–H groups in total. The van der Waals surface area contributed by atoms with Gasteiger partial charge in [-0.2, -0.15) is 0 Å². The lowest BCUT2D eigenvalue weighted by atomic mass is 9.89. The second-order valence-electron chi connectivity index (χ2n) is 14.3. The Kier molecular flexibility index (Phi) is 20.5. The number of amides is 4. The molecule has 4 amide bonds. The average Bonchev–Trinajstić information content (AvgIpc) is 3.81. The highest BCUT2D eigenvalue weighted by atomic mass is 31.2. The van der Waals surface area contributed by atoms with E-state index in [0.29, 0.717) is 25.0 Å². The standard InChI is InChI=1S/C37H59N6O12P/c1-7-9-10-11-13-54-56(51,52)55-24(5)29(35(38)48)18-34(47)31(21-44)42-36(49)26(15-27-19-39-22-40-27)16-33(46)30(14-23(3)4)41-37(50)32-17-28(53-12-8-2)20-43(32)25(6)45/h7-8,19,22-24,26,28-32,44H,1-2,9-18,20-21H2,3-6H3,(H2,38,48)(H,39,40)(H,41,50)(H,42,49)(H,51,52)/t24-,26-,28-,29+,30+,31+,32+/m1/s1. The van der Waals surface area contributed by atoms with E-state index in [0.717, 1.165) is 0 Å². The van der Waals surface area contributed by atoms with Crippen LogP contribution >= 0.6 is 7.82 Å². The summed E-state index contributed by atoms with van der Waals surface area (Å²) in [6.07, 6.45) is 5.43. The molecule has 0 saturated carbocycles. The number of carbonyl (C=O) groups excluding carboxylic acids is 6. The summed E-state index contributed by atoms with van der Waals surface area (Å²) in [5.74, 6) is -6.64. The monoisotopic (exact) mass is 810 g/mol. The number of nitrogens with zero attached hydrogens (tertiary/aromatic N) is 2. The van der Waals surface area contributed by atoms with Crippen molar-refractivity contribution in [3.8, 4) is 0 Å². The molecule has 0 aromatic carbocycles. The van der Waals surface area contributed by atoms with Crippen LogP contribution in [-0.4, -0.2) is 117 Å². The van der Waals surface area contributed by atoms with Crippen LogP contribution in [0.15, 0.2) is 37.8 Å². The number of Topliss-reactive ketones (excluding diaryl/α,β-unsaturated/α-hetero) is 2. The van der Waals surface area contributed by atoms with E-state index in [4.69, 9.17) is 19.5 Å². The van der Waals surface area contributed by atoms with Gasteiger partial charge < -0.3 is 41.0 Å². The molecule has 19 heteroatoms. The first-order valence-electron chi connectivity index (χ1n) is 18.7. The topological polar surface area (TPSA) is 270 Å². The number of phosphoric ester groups is 1. The molecule has 1 unspecified atom stereocenters. The molecule has 1 aromatic rings. The van der Waals surface area contributed by atoms with E-state index in [9.17, 15) is 43.3 Å². The second-order valence-corrected chi connectivity index (χ2v) is 15.7. The molecule has 0 spiro atoms. The lowest BCUT2D eigenvalue weighted by Crippen LogP contribution is -2.52. The highest BCUT2D eigenvalue weighted by molar-refractivity contribution is 7.47. The summed E-state index contributed by atoms with van der Waals surface area (Å²) in [6, 6.07) is -3.47. The normalized spacial score (nSPS) is 19.2. The summed E-state index contributed by atoms with van der Waals surface area (Å²) < 4.78 is 28.3. The van der Waals surface area contributed by atoms with Gasteiger partial charge in [-0.1, -0.05) is 26.0 Å². The van der Waals surface area contributed by atoms with Crippen molar-refractivity contribution in [1.82, 2.24) is 25.5 Å². The number of nitrogens with one attached hydrogen (secondary N) is 3.